The SMILES string of the molecule is Cn1cc(-c2nc([C@@H]3CCCCCN3Cc3ccccn3)no2)cn1. The lowest BCUT2D eigenvalue weighted by atomic mass is 10.1. The maximum Gasteiger partial charge on any atom is 0.261 e. The molecule has 4 heterocycles. The van der Waals surface area contributed by atoms with E-state index in [4.69, 9.17) is 4.52 Å². The molecule has 1 atom stereocenters. The summed E-state index contributed by atoms with van der Waals surface area (Å²) in [5.74, 6) is 1.29. The van der Waals surface area contributed by atoms with Crippen molar-refractivity contribution < 1.29 is 4.52 Å². The van der Waals surface area contributed by atoms with Crippen LogP contribution in [0, 0.1) is 0 Å². The first-order valence-electron chi connectivity index (χ1n) is 8.76. The third-order valence-corrected chi connectivity index (χ3v) is 4.65. The van der Waals surface area contributed by atoms with Crippen molar-refractivity contribution in [3.63, 3.8) is 0 Å². The summed E-state index contributed by atoms with van der Waals surface area (Å²) in [6.45, 7) is 1.83. The Morgan fingerprint density at radius 3 is 3.00 bits per heavy atom. The van der Waals surface area contributed by atoms with E-state index in [1.807, 2.05) is 31.6 Å². The first kappa shape index (κ1) is 16.0. The third kappa shape index (κ3) is 3.61. The largest absolute Gasteiger partial charge is 0.334 e. The van der Waals surface area contributed by atoms with Crippen LogP contribution in [-0.2, 0) is 13.6 Å². The molecule has 7 nitrogen and oxygen atoms in total. The highest BCUT2D eigenvalue weighted by molar-refractivity contribution is 5.49. The molecule has 0 radical (unpaired) electrons. The van der Waals surface area contributed by atoms with Crippen molar-refractivity contribution in [2.24, 2.45) is 7.05 Å². The minimum atomic E-state index is 0.165. The van der Waals surface area contributed by atoms with Gasteiger partial charge in [-0.2, -0.15) is 10.1 Å². The maximum absolute atomic E-state index is 5.50. The van der Waals surface area contributed by atoms with Crippen molar-refractivity contribution in [3.05, 3.63) is 48.3 Å². The summed E-state index contributed by atoms with van der Waals surface area (Å²) in [7, 11) is 1.88. The van der Waals surface area contributed by atoms with Crippen LogP contribution in [0.15, 0.2) is 41.3 Å². The predicted octanol–water partition coefficient (Wildman–Crippen LogP) is 2.98. The molecule has 4 rings (SSSR count). The van der Waals surface area contributed by atoms with Crippen LogP contribution in [0.25, 0.3) is 11.5 Å². The molecule has 3 aromatic rings. The van der Waals surface area contributed by atoms with Gasteiger partial charge in [-0.25, -0.2) is 0 Å². The molecular formula is C18H22N6O. The molecule has 1 aliphatic rings. The molecule has 0 aromatic carbocycles. The minimum Gasteiger partial charge on any atom is -0.334 e. The lowest BCUT2D eigenvalue weighted by molar-refractivity contribution is 0.179. The summed E-state index contributed by atoms with van der Waals surface area (Å²) in [5.41, 5.74) is 1.93. The van der Waals surface area contributed by atoms with Crippen molar-refractivity contribution in [2.75, 3.05) is 6.54 Å². The van der Waals surface area contributed by atoms with Crippen molar-refractivity contribution in [3.8, 4) is 11.5 Å². The van der Waals surface area contributed by atoms with Gasteiger partial charge in [0.2, 0.25) is 0 Å². The molecule has 0 amide bonds. The lowest BCUT2D eigenvalue weighted by Crippen LogP contribution is -2.29. The topological polar surface area (TPSA) is 72.9 Å². The smallest absolute Gasteiger partial charge is 0.261 e. The van der Waals surface area contributed by atoms with Crippen LogP contribution in [0.5, 0.6) is 0 Å². The van der Waals surface area contributed by atoms with E-state index in [1.165, 1.54) is 19.3 Å². The summed E-state index contributed by atoms with van der Waals surface area (Å²) >= 11 is 0. The molecule has 0 aliphatic carbocycles. The van der Waals surface area contributed by atoms with Crippen molar-refractivity contribution in [1.82, 2.24) is 29.8 Å². The van der Waals surface area contributed by atoms with Crippen LogP contribution in [-0.4, -0.2) is 36.3 Å². The highest BCUT2D eigenvalue weighted by Crippen LogP contribution is 2.30. The zero-order chi connectivity index (χ0) is 17.1. The fraction of sp³-hybridized carbons (Fsp3) is 0.444. The number of pyridine rings is 1. The average Bonchev–Trinajstić information content (AvgIpc) is 3.22. The van der Waals surface area contributed by atoms with E-state index in [0.29, 0.717) is 5.89 Å². The van der Waals surface area contributed by atoms with Crippen molar-refractivity contribution in [2.45, 2.75) is 38.3 Å². The van der Waals surface area contributed by atoms with E-state index in [2.05, 4.69) is 31.2 Å². The summed E-state index contributed by atoms with van der Waals surface area (Å²) in [6, 6.07) is 6.21. The summed E-state index contributed by atoms with van der Waals surface area (Å²) in [5, 5.41) is 8.44. The van der Waals surface area contributed by atoms with Crippen molar-refractivity contribution in [1.29, 1.82) is 0 Å². The Hall–Kier alpha value is -2.54. The molecule has 25 heavy (non-hydrogen) atoms. The van der Waals surface area contributed by atoms with E-state index in [0.717, 1.165) is 36.6 Å². The van der Waals surface area contributed by atoms with Crippen LogP contribution in [0.2, 0.25) is 0 Å². The molecule has 0 N–H and O–H groups in total. The Morgan fingerprint density at radius 1 is 1.24 bits per heavy atom. The second-order valence-electron chi connectivity index (χ2n) is 6.52. The highest BCUT2D eigenvalue weighted by atomic mass is 16.5. The molecule has 130 valence electrons. The second-order valence-corrected chi connectivity index (χ2v) is 6.52. The molecule has 0 bridgehead atoms. The first-order chi connectivity index (χ1) is 12.3. The van der Waals surface area contributed by atoms with Crippen molar-refractivity contribution >= 4 is 0 Å². The number of hydrogen-bond donors (Lipinski definition) is 0. The van der Waals surface area contributed by atoms with Gasteiger partial charge in [0, 0.05) is 26.0 Å². The molecule has 1 fully saturated rings. The molecule has 1 aliphatic heterocycles. The Kier molecular flexibility index (Phi) is 4.56. The van der Waals surface area contributed by atoms with Gasteiger partial charge < -0.3 is 4.52 Å². The molecule has 7 heteroatoms. The standard InChI is InChI=1S/C18H22N6O/c1-23-12-14(11-20-23)18-21-17(22-25-18)16-8-3-2-6-10-24(16)13-15-7-4-5-9-19-15/h4-5,7,9,11-12,16H,2-3,6,8,10,13H2,1H3/t16-/m0/s1. The first-order valence-corrected chi connectivity index (χ1v) is 8.76. The van der Waals surface area contributed by atoms with Crippen LogP contribution in [0.4, 0.5) is 0 Å². The van der Waals surface area contributed by atoms with Gasteiger partial charge >= 0.3 is 0 Å². The number of likely N-dealkylation sites (tertiary alicyclic amines) is 1. The number of aryl methyl sites for hydroxylation is 1. The molecular weight excluding hydrogens is 316 g/mol. The zero-order valence-corrected chi connectivity index (χ0v) is 14.4. The van der Waals surface area contributed by atoms with Gasteiger partial charge in [-0.3, -0.25) is 14.6 Å². The van der Waals surface area contributed by atoms with E-state index in [-0.39, 0.29) is 6.04 Å². The number of rotatable bonds is 4. The Labute approximate surface area is 146 Å². The Balaban J connectivity index is 1.58. The number of hydrogen-bond acceptors (Lipinski definition) is 6. The molecule has 3 aromatic heterocycles. The van der Waals surface area contributed by atoms with E-state index in [1.54, 1.807) is 10.9 Å². The fourth-order valence-electron chi connectivity index (χ4n) is 3.37. The molecule has 0 saturated carbocycles. The van der Waals surface area contributed by atoms with Gasteiger partial charge in [0.1, 0.15) is 0 Å². The summed E-state index contributed by atoms with van der Waals surface area (Å²) in [4.78, 5) is 11.6. The van der Waals surface area contributed by atoms with E-state index < -0.39 is 0 Å². The fourth-order valence-corrected chi connectivity index (χ4v) is 3.37. The Morgan fingerprint density at radius 2 is 2.20 bits per heavy atom. The number of aromatic nitrogens is 5. The van der Waals surface area contributed by atoms with Crippen LogP contribution < -0.4 is 0 Å². The Bertz CT molecular complexity index is 812. The van der Waals surface area contributed by atoms with Gasteiger partial charge in [0.05, 0.1) is 23.5 Å². The normalized spacial score (nSPS) is 19.0. The quantitative estimate of drug-likeness (QED) is 0.728. The van der Waals surface area contributed by atoms with E-state index >= 15 is 0 Å². The van der Waals surface area contributed by atoms with Gasteiger partial charge in [-0.15, -0.1) is 0 Å². The van der Waals surface area contributed by atoms with Gasteiger partial charge in [-0.05, 0) is 31.5 Å². The predicted molar refractivity (Wildman–Crippen MR) is 92.4 cm³/mol. The monoisotopic (exact) mass is 338 g/mol. The highest BCUT2D eigenvalue weighted by Gasteiger charge is 2.27. The average molecular weight is 338 g/mol. The maximum atomic E-state index is 5.50. The van der Waals surface area contributed by atoms with Gasteiger partial charge in [-0.1, -0.05) is 24.1 Å². The van der Waals surface area contributed by atoms with Crippen LogP contribution >= 0.6 is 0 Å². The zero-order valence-electron chi connectivity index (χ0n) is 14.4. The molecule has 1 saturated heterocycles. The third-order valence-electron chi connectivity index (χ3n) is 4.65. The summed E-state index contributed by atoms with van der Waals surface area (Å²) in [6.07, 6.45) is 10.1. The van der Waals surface area contributed by atoms with E-state index in [9.17, 15) is 0 Å². The lowest BCUT2D eigenvalue weighted by Gasteiger charge is -2.27. The van der Waals surface area contributed by atoms with Crippen LogP contribution in [0.1, 0.15) is 43.2 Å². The summed E-state index contributed by atoms with van der Waals surface area (Å²) < 4.78 is 7.23. The minimum absolute atomic E-state index is 0.165. The van der Waals surface area contributed by atoms with Gasteiger partial charge in [0.15, 0.2) is 5.82 Å². The number of nitrogens with zero attached hydrogens (tertiary/aromatic N) is 6. The molecule has 0 spiro atoms. The van der Waals surface area contributed by atoms with Gasteiger partial charge in [0.25, 0.3) is 5.89 Å². The van der Waals surface area contributed by atoms with Crippen LogP contribution in [0.3, 0.4) is 0 Å². The molecule has 0 unspecified atom stereocenters. The second kappa shape index (κ2) is 7.14.